The maximum absolute atomic E-state index is 5.42. The Labute approximate surface area is 78.2 Å². The van der Waals surface area contributed by atoms with Crippen molar-refractivity contribution < 1.29 is 4.74 Å². The summed E-state index contributed by atoms with van der Waals surface area (Å²) in [4.78, 5) is 4.08. The molecular formula is C10H14N2O. The summed E-state index contributed by atoms with van der Waals surface area (Å²) < 4.78 is 4.94. The van der Waals surface area contributed by atoms with Crippen LogP contribution in [-0.2, 0) is 0 Å². The second-order valence-electron chi connectivity index (χ2n) is 2.73. The lowest BCUT2D eigenvalue weighted by atomic mass is 10.1. The van der Waals surface area contributed by atoms with Crippen molar-refractivity contribution in [2.45, 2.75) is 6.42 Å². The average Bonchev–Trinajstić information content (AvgIpc) is 2.18. The van der Waals surface area contributed by atoms with Crippen LogP contribution in [0.4, 0.5) is 0 Å². The summed E-state index contributed by atoms with van der Waals surface area (Å²) in [5, 5.41) is 0. The third-order valence-electron chi connectivity index (χ3n) is 1.80. The first-order valence-electron chi connectivity index (χ1n) is 4.16. The zero-order chi connectivity index (χ0) is 9.68. The molecule has 3 nitrogen and oxygen atoms in total. The molecular weight excluding hydrogens is 164 g/mol. The summed E-state index contributed by atoms with van der Waals surface area (Å²) >= 11 is 0. The smallest absolute Gasteiger partial charge is 0.212 e. The minimum absolute atomic E-state index is 0.615. The van der Waals surface area contributed by atoms with E-state index < -0.39 is 0 Å². The number of pyridine rings is 1. The highest BCUT2D eigenvalue weighted by Crippen LogP contribution is 2.16. The van der Waals surface area contributed by atoms with E-state index >= 15 is 0 Å². The molecule has 0 saturated heterocycles. The van der Waals surface area contributed by atoms with Gasteiger partial charge in [0.2, 0.25) is 5.88 Å². The van der Waals surface area contributed by atoms with Gasteiger partial charge in [0.1, 0.15) is 0 Å². The van der Waals surface area contributed by atoms with Crippen molar-refractivity contribution in [3.05, 3.63) is 30.5 Å². The molecule has 0 aliphatic heterocycles. The fourth-order valence-electron chi connectivity index (χ4n) is 1.03. The molecule has 0 amide bonds. The molecule has 0 spiro atoms. The van der Waals surface area contributed by atoms with Crippen molar-refractivity contribution in [3.8, 4) is 5.88 Å². The summed E-state index contributed by atoms with van der Waals surface area (Å²) in [6.45, 7) is 4.53. The highest BCUT2D eigenvalue weighted by atomic mass is 16.5. The van der Waals surface area contributed by atoms with E-state index in [1.165, 1.54) is 0 Å². The van der Waals surface area contributed by atoms with Gasteiger partial charge >= 0.3 is 0 Å². The lowest BCUT2D eigenvalue weighted by Crippen LogP contribution is -1.99. The number of hydrogen-bond donors (Lipinski definition) is 1. The third-order valence-corrected chi connectivity index (χ3v) is 1.80. The van der Waals surface area contributed by atoms with Gasteiger partial charge in [-0.25, -0.2) is 4.98 Å². The van der Waals surface area contributed by atoms with Crippen molar-refractivity contribution in [2.75, 3.05) is 13.7 Å². The van der Waals surface area contributed by atoms with Gasteiger partial charge in [-0.05, 0) is 30.2 Å². The molecule has 0 aliphatic rings. The third kappa shape index (κ3) is 2.56. The molecule has 1 rings (SSSR count). The average molecular weight is 178 g/mol. The monoisotopic (exact) mass is 178 g/mol. The van der Waals surface area contributed by atoms with Crippen LogP contribution < -0.4 is 10.5 Å². The highest BCUT2D eigenvalue weighted by Gasteiger charge is 1.98. The van der Waals surface area contributed by atoms with E-state index in [0.717, 1.165) is 17.6 Å². The van der Waals surface area contributed by atoms with Gasteiger partial charge in [-0.3, -0.25) is 0 Å². The van der Waals surface area contributed by atoms with Gasteiger partial charge < -0.3 is 10.5 Å². The normalized spacial score (nSPS) is 9.69. The van der Waals surface area contributed by atoms with Gasteiger partial charge in [0.25, 0.3) is 0 Å². The molecule has 70 valence electrons. The Morgan fingerprint density at radius 1 is 1.62 bits per heavy atom. The number of methoxy groups -OCH3 is 1. The Morgan fingerprint density at radius 2 is 2.38 bits per heavy atom. The van der Waals surface area contributed by atoms with Crippen LogP contribution in [0.3, 0.4) is 0 Å². The van der Waals surface area contributed by atoms with E-state index in [2.05, 4.69) is 11.6 Å². The second-order valence-corrected chi connectivity index (χ2v) is 2.73. The Hall–Kier alpha value is -1.35. The van der Waals surface area contributed by atoms with E-state index in [1.54, 1.807) is 13.3 Å². The summed E-state index contributed by atoms with van der Waals surface area (Å²) in [5.41, 5.74) is 7.45. The van der Waals surface area contributed by atoms with Crippen LogP contribution in [-0.4, -0.2) is 18.6 Å². The van der Waals surface area contributed by atoms with Gasteiger partial charge in [0.15, 0.2) is 0 Å². The van der Waals surface area contributed by atoms with Crippen LogP contribution >= 0.6 is 0 Å². The molecule has 1 heterocycles. The minimum Gasteiger partial charge on any atom is -0.481 e. The largest absolute Gasteiger partial charge is 0.481 e. The maximum atomic E-state index is 5.42. The van der Waals surface area contributed by atoms with Crippen molar-refractivity contribution >= 4 is 5.57 Å². The second kappa shape index (κ2) is 4.62. The van der Waals surface area contributed by atoms with E-state index in [-0.39, 0.29) is 0 Å². The van der Waals surface area contributed by atoms with Gasteiger partial charge in [-0.1, -0.05) is 6.58 Å². The molecule has 1 aromatic rings. The number of ether oxygens (including phenoxy) is 1. The number of hydrogen-bond acceptors (Lipinski definition) is 3. The van der Waals surface area contributed by atoms with Gasteiger partial charge in [0, 0.05) is 12.3 Å². The van der Waals surface area contributed by atoms with Gasteiger partial charge in [-0.15, -0.1) is 0 Å². The number of aromatic nitrogens is 1. The molecule has 0 fully saturated rings. The standard InChI is InChI=1S/C10H14N2O/c1-8(5-6-11)9-3-4-10(13-2)12-7-9/h3-4,7H,1,5-6,11H2,2H3. The van der Waals surface area contributed by atoms with Crippen molar-refractivity contribution in [2.24, 2.45) is 5.73 Å². The summed E-state index contributed by atoms with van der Waals surface area (Å²) in [6.07, 6.45) is 2.55. The number of rotatable bonds is 4. The minimum atomic E-state index is 0.615. The highest BCUT2D eigenvalue weighted by molar-refractivity contribution is 5.62. The van der Waals surface area contributed by atoms with Crippen LogP contribution in [0.1, 0.15) is 12.0 Å². The first-order valence-corrected chi connectivity index (χ1v) is 4.16. The first-order chi connectivity index (χ1) is 6.27. The van der Waals surface area contributed by atoms with Gasteiger partial charge in [0.05, 0.1) is 7.11 Å². The SMILES string of the molecule is C=C(CCN)c1ccc(OC)nc1. The van der Waals surface area contributed by atoms with Crippen molar-refractivity contribution in [3.63, 3.8) is 0 Å². The number of nitrogens with two attached hydrogens (primary N) is 1. The molecule has 0 atom stereocenters. The quantitative estimate of drug-likeness (QED) is 0.759. The Kier molecular flexibility index (Phi) is 3.46. The Bertz CT molecular complexity index is 279. The van der Waals surface area contributed by atoms with E-state index in [1.807, 2.05) is 12.1 Å². The van der Waals surface area contributed by atoms with Crippen LogP contribution in [0.15, 0.2) is 24.9 Å². The molecule has 1 aromatic heterocycles. The lowest BCUT2D eigenvalue weighted by Gasteiger charge is -2.04. The van der Waals surface area contributed by atoms with Crippen molar-refractivity contribution in [1.82, 2.24) is 4.98 Å². The van der Waals surface area contributed by atoms with Crippen LogP contribution in [0, 0.1) is 0 Å². The van der Waals surface area contributed by atoms with Crippen LogP contribution in [0.25, 0.3) is 5.57 Å². The molecule has 3 heteroatoms. The van der Waals surface area contributed by atoms with Gasteiger partial charge in [-0.2, -0.15) is 0 Å². The molecule has 13 heavy (non-hydrogen) atoms. The zero-order valence-corrected chi connectivity index (χ0v) is 7.79. The van der Waals surface area contributed by atoms with E-state index in [9.17, 15) is 0 Å². The Morgan fingerprint density at radius 3 is 2.85 bits per heavy atom. The number of nitrogens with zero attached hydrogens (tertiary/aromatic N) is 1. The van der Waals surface area contributed by atoms with Crippen molar-refractivity contribution in [1.29, 1.82) is 0 Å². The fraction of sp³-hybridized carbons (Fsp3) is 0.300. The fourth-order valence-corrected chi connectivity index (χ4v) is 1.03. The summed E-state index contributed by atoms with van der Waals surface area (Å²) in [6, 6.07) is 3.75. The van der Waals surface area contributed by atoms with Crippen LogP contribution in [0.2, 0.25) is 0 Å². The molecule has 2 N–H and O–H groups in total. The topological polar surface area (TPSA) is 48.1 Å². The van der Waals surface area contributed by atoms with E-state index in [0.29, 0.717) is 12.4 Å². The summed E-state index contributed by atoms with van der Waals surface area (Å²) in [7, 11) is 1.59. The molecule has 0 unspecified atom stereocenters. The Balaban J connectivity index is 2.74. The maximum Gasteiger partial charge on any atom is 0.212 e. The van der Waals surface area contributed by atoms with E-state index in [4.69, 9.17) is 10.5 Å². The molecule has 0 saturated carbocycles. The predicted molar refractivity (Wildman–Crippen MR) is 53.5 cm³/mol. The van der Waals surface area contributed by atoms with Crippen LogP contribution in [0.5, 0.6) is 5.88 Å². The lowest BCUT2D eigenvalue weighted by molar-refractivity contribution is 0.398. The molecule has 0 aromatic carbocycles. The molecule has 0 bridgehead atoms. The molecule has 0 radical (unpaired) electrons. The molecule has 0 aliphatic carbocycles. The predicted octanol–water partition coefficient (Wildman–Crippen LogP) is 1.45. The first kappa shape index (κ1) is 9.74. The zero-order valence-electron chi connectivity index (χ0n) is 7.79. The summed E-state index contributed by atoms with van der Waals surface area (Å²) in [5.74, 6) is 0.615.